The van der Waals surface area contributed by atoms with E-state index in [0.29, 0.717) is 13.2 Å². The highest BCUT2D eigenvalue weighted by atomic mass is 35.5. The highest BCUT2D eigenvalue weighted by Gasteiger charge is 2.36. The van der Waals surface area contributed by atoms with Crippen LogP contribution in [-0.4, -0.2) is 19.1 Å². The Morgan fingerprint density at radius 1 is 1.18 bits per heavy atom. The fourth-order valence-corrected chi connectivity index (χ4v) is 2.17. The van der Waals surface area contributed by atoms with Crippen LogP contribution in [0.25, 0.3) is 0 Å². The molecule has 1 aliphatic heterocycles. The van der Waals surface area contributed by atoms with Gasteiger partial charge in [-0.1, -0.05) is 6.42 Å². The van der Waals surface area contributed by atoms with Crippen molar-refractivity contribution in [2.45, 2.75) is 38.4 Å². The molecule has 0 atom stereocenters. The molecular formula is C13H19ClO3. The molecule has 96 valence electrons. The van der Waals surface area contributed by atoms with Gasteiger partial charge in [0.05, 0.1) is 13.2 Å². The maximum Gasteiger partial charge on any atom is 0.225 e. The first kappa shape index (κ1) is 12.9. The minimum atomic E-state index is -0.686. The van der Waals surface area contributed by atoms with Crippen molar-refractivity contribution in [1.29, 1.82) is 0 Å². The number of furan rings is 1. The number of aryl methyl sites for hydroxylation is 1. The second-order valence-corrected chi connectivity index (χ2v) is 4.79. The Labute approximate surface area is 107 Å². The molecule has 0 amide bonds. The van der Waals surface area contributed by atoms with Crippen molar-refractivity contribution >= 4 is 11.6 Å². The summed E-state index contributed by atoms with van der Waals surface area (Å²) in [5.41, 5.74) is 0. The molecule has 2 rings (SSSR count). The van der Waals surface area contributed by atoms with E-state index in [1.165, 1.54) is 0 Å². The van der Waals surface area contributed by atoms with Gasteiger partial charge in [0.15, 0.2) is 5.76 Å². The lowest BCUT2D eigenvalue weighted by atomic mass is 10.2. The van der Waals surface area contributed by atoms with Crippen LogP contribution in [0.1, 0.15) is 37.7 Å². The van der Waals surface area contributed by atoms with Crippen LogP contribution in [0.15, 0.2) is 16.5 Å². The van der Waals surface area contributed by atoms with Crippen LogP contribution in [0, 0.1) is 0 Å². The van der Waals surface area contributed by atoms with Gasteiger partial charge >= 0.3 is 0 Å². The van der Waals surface area contributed by atoms with Crippen LogP contribution >= 0.6 is 11.6 Å². The largest absolute Gasteiger partial charge is 0.460 e. The van der Waals surface area contributed by atoms with Crippen molar-refractivity contribution in [2.75, 3.05) is 19.1 Å². The third-order valence-electron chi connectivity index (χ3n) is 3.00. The number of hydrogen-bond donors (Lipinski definition) is 0. The van der Waals surface area contributed by atoms with Crippen LogP contribution in [-0.2, 0) is 21.7 Å². The summed E-state index contributed by atoms with van der Waals surface area (Å²) in [6.45, 7) is 3.15. The van der Waals surface area contributed by atoms with E-state index >= 15 is 0 Å². The molecule has 1 aliphatic rings. The van der Waals surface area contributed by atoms with Crippen molar-refractivity contribution in [1.82, 2.24) is 0 Å². The van der Waals surface area contributed by atoms with Crippen LogP contribution in [0.3, 0.4) is 0 Å². The topological polar surface area (TPSA) is 31.6 Å². The Morgan fingerprint density at radius 2 is 1.94 bits per heavy atom. The van der Waals surface area contributed by atoms with Gasteiger partial charge in [0.1, 0.15) is 5.76 Å². The highest BCUT2D eigenvalue weighted by Crippen LogP contribution is 2.32. The Balaban J connectivity index is 1.87. The Bertz CT molecular complexity index is 342. The van der Waals surface area contributed by atoms with Gasteiger partial charge in [0.25, 0.3) is 0 Å². The minimum Gasteiger partial charge on any atom is -0.460 e. The molecule has 0 unspecified atom stereocenters. The van der Waals surface area contributed by atoms with Gasteiger partial charge in [-0.3, -0.25) is 0 Å². The third-order valence-corrected chi connectivity index (χ3v) is 3.27. The molecule has 0 saturated carbocycles. The average Bonchev–Trinajstić information content (AvgIpc) is 2.94. The zero-order valence-corrected chi connectivity index (χ0v) is 11.0. The molecule has 0 bridgehead atoms. The number of ether oxygens (including phenoxy) is 2. The summed E-state index contributed by atoms with van der Waals surface area (Å²) in [6, 6.07) is 3.95. The molecule has 1 saturated heterocycles. The molecule has 0 aromatic carbocycles. The lowest BCUT2D eigenvalue weighted by molar-refractivity contribution is -0.163. The quantitative estimate of drug-likeness (QED) is 0.579. The van der Waals surface area contributed by atoms with Crippen molar-refractivity contribution in [3.05, 3.63) is 23.7 Å². The number of hydrogen-bond acceptors (Lipinski definition) is 3. The van der Waals surface area contributed by atoms with Crippen molar-refractivity contribution in [2.24, 2.45) is 0 Å². The summed E-state index contributed by atoms with van der Waals surface area (Å²) < 4.78 is 16.9. The van der Waals surface area contributed by atoms with E-state index in [9.17, 15) is 0 Å². The first-order valence-corrected chi connectivity index (χ1v) is 6.71. The maximum absolute atomic E-state index is 5.77. The summed E-state index contributed by atoms with van der Waals surface area (Å²) in [4.78, 5) is 0. The van der Waals surface area contributed by atoms with Crippen LogP contribution in [0.2, 0.25) is 0 Å². The molecule has 1 fully saturated rings. The van der Waals surface area contributed by atoms with Crippen LogP contribution in [0.4, 0.5) is 0 Å². The Kier molecular flexibility index (Phi) is 4.48. The molecule has 17 heavy (non-hydrogen) atoms. The Morgan fingerprint density at radius 3 is 2.65 bits per heavy atom. The van der Waals surface area contributed by atoms with E-state index < -0.39 is 5.79 Å². The van der Waals surface area contributed by atoms with Crippen LogP contribution in [0.5, 0.6) is 0 Å². The van der Waals surface area contributed by atoms with Gasteiger partial charge in [-0.15, -0.1) is 11.6 Å². The number of rotatable bonds is 6. The van der Waals surface area contributed by atoms with Gasteiger partial charge < -0.3 is 13.9 Å². The number of halogens is 1. The first-order valence-electron chi connectivity index (χ1n) is 6.18. The lowest BCUT2D eigenvalue weighted by Gasteiger charge is -2.18. The SMILES string of the molecule is CC1(c2ccc(CCCCCCl)o2)OCCO1. The zero-order valence-electron chi connectivity index (χ0n) is 10.2. The summed E-state index contributed by atoms with van der Waals surface area (Å²) in [6.07, 6.45) is 4.27. The molecule has 1 aromatic rings. The first-order chi connectivity index (χ1) is 8.24. The summed E-state index contributed by atoms with van der Waals surface area (Å²) in [7, 11) is 0. The monoisotopic (exact) mass is 258 g/mol. The molecule has 0 radical (unpaired) electrons. The van der Waals surface area contributed by atoms with E-state index in [0.717, 1.165) is 43.1 Å². The second-order valence-electron chi connectivity index (χ2n) is 4.41. The number of unbranched alkanes of at least 4 members (excludes halogenated alkanes) is 2. The summed E-state index contributed by atoms with van der Waals surface area (Å²) in [5.74, 6) is 1.81. The summed E-state index contributed by atoms with van der Waals surface area (Å²) in [5, 5.41) is 0. The molecule has 0 N–H and O–H groups in total. The van der Waals surface area contributed by atoms with Crippen molar-refractivity contribution in [3.8, 4) is 0 Å². The predicted molar refractivity (Wildman–Crippen MR) is 66.2 cm³/mol. The van der Waals surface area contributed by atoms with E-state index in [1.54, 1.807) is 0 Å². The molecule has 4 heteroatoms. The molecule has 2 heterocycles. The standard InChI is InChI=1S/C13H19ClO3/c1-13(15-9-10-16-13)12-7-6-11(17-12)5-3-2-4-8-14/h6-7H,2-5,8-10H2,1H3. The van der Waals surface area contributed by atoms with E-state index in [1.807, 2.05) is 19.1 Å². The molecule has 0 aliphatic carbocycles. The lowest BCUT2D eigenvalue weighted by Crippen LogP contribution is -2.21. The zero-order chi connectivity index (χ0) is 12.1. The van der Waals surface area contributed by atoms with Crippen molar-refractivity contribution in [3.63, 3.8) is 0 Å². The predicted octanol–water partition coefficient (Wildman–Crippen LogP) is 3.45. The maximum atomic E-state index is 5.77. The molecule has 3 nitrogen and oxygen atoms in total. The fraction of sp³-hybridized carbons (Fsp3) is 0.692. The van der Waals surface area contributed by atoms with Gasteiger partial charge in [0, 0.05) is 12.3 Å². The Hall–Kier alpha value is -0.510. The van der Waals surface area contributed by atoms with E-state index in [2.05, 4.69) is 0 Å². The minimum absolute atomic E-state index is 0.627. The third kappa shape index (κ3) is 3.24. The second kappa shape index (κ2) is 5.89. The van der Waals surface area contributed by atoms with E-state index in [-0.39, 0.29) is 0 Å². The smallest absolute Gasteiger partial charge is 0.225 e. The number of alkyl halides is 1. The molecular weight excluding hydrogens is 240 g/mol. The van der Waals surface area contributed by atoms with E-state index in [4.69, 9.17) is 25.5 Å². The van der Waals surface area contributed by atoms with Gasteiger partial charge in [-0.25, -0.2) is 0 Å². The van der Waals surface area contributed by atoms with Crippen molar-refractivity contribution < 1.29 is 13.9 Å². The normalized spacial score (nSPS) is 18.7. The van der Waals surface area contributed by atoms with Crippen LogP contribution < -0.4 is 0 Å². The molecule has 0 spiro atoms. The summed E-state index contributed by atoms with van der Waals surface area (Å²) >= 11 is 5.64. The fourth-order valence-electron chi connectivity index (χ4n) is 1.98. The average molecular weight is 259 g/mol. The highest BCUT2D eigenvalue weighted by molar-refractivity contribution is 6.17. The van der Waals surface area contributed by atoms with Gasteiger partial charge in [-0.05, 0) is 31.9 Å². The van der Waals surface area contributed by atoms with Gasteiger partial charge in [-0.2, -0.15) is 0 Å². The van der Waals surface area contributed by atoms with Gasteiger partial charge in [0.2, 0.25) is 5.79 Å². The molecule has 1 aromatic heterocycles.